The summed E-state index contributed by atoms with van der Waals surface area (Å²) in [6.07, 6.45) is 0. The Kier molecular flexibility index (Phi) is 6.71. The first-order chi connectivity index (χ1) is 14.4. The average Bonchev–Trinajstić information content (AvgIpc) is 2.73. The van der Waals surface area contributed by atoms with E-state index in [1.165, 1.54) is 24.3 Å². The van der Waals surface area contributed by atoms with Crippen molar-refractivity contribution in [2.75, 3.05) is 17.7 Å². The molecule has 0 spiro atoms. The number of halogens is 2. The van der Waals surface area contributed by atoms with Crippen LogP contribution in [0, 0.1) is 0 Å². The molecule has 0 saturated carbocycles. The van der Waals surface area contributed by atoms with Crippen molar-refractivity contribution >= 4 is 46.4 Å². The molecular weight excluding hydrogens is 431 g/mol. The zero-order valence-corrected chi connectivity index (χ0v) is 17.2. The molecule has 0 aliphatic heterocycles. The maximum absolute atomic E-state index is 12.4. The maximum Gasteiger partial charge on any atom is 0.276 e. The van der Waals surface area contributed by atoms with E-state index in [-0.39, 0.29) is 17.3 Å². The summed E-state index contributed by atoms with van der Waals surface area (Å²) in [5.41, 5.74) is 0.390. The molecule has 3 rings (SSSR count). The molecule has 2 N–H and O–H groups in total. The first-order valence-electron chi connectivity index (χ1n) is 8.64. The number of nitrogens with one attached hydrogen (secondary N) is 2. The number of hydrogen-bond acceptors (Lipinski definition) is 5. The van der Waals surface area contributed by atoms with Gasteiger partial charge in [0.05, 0.1) is 17.2 Å². The number of amides is 2. The van der Waals surface area contributed by atoms with Gasteiger partial charge in [-0.1, -0.05) is 23.2 Å². The van der Waals surface area contributed by atoms with Gasteiger partial charge in [0.1, 0.15) is 18.0 Å². The van der Waals surface area contributed by atoms with Crippen LogP contribution in [-0.4, -0.2) is 28.7 Å². The number of methoxy groups -OCH3 is 1. The lowest BCUT2D eigenvalue weighted by Crippen LogP contribution is -2.31. The van der Waals surface area contributed by atoms with Crippen molar-refractivity contribution < 1.29 is 14.3 Å². The number of ether oxygens (including phenoxy) is 1. The van der Waals surface area contributed by atoms with E-state index in [1.54, 1.807) is 37.4 Å². The zero-order valence-electron chi connectivity index (χ0n) is 15.7. The number of carbonyl (C=O) groups is 2. The van der Waals surface area contributed by atoms with Crippen molar-refractivity contribution in [3.05, 3.63) is 80.7 Å². The van der Waals surface area contributed by atoms with Crippen LogP contribution in [0.4, 0.5) is 11.4 Å². The highest BCUT2D eigenvalue weighted by atomic mass is 35.5. The summed E-state index contributed by atoms with van der Waals surface area (Å²) in [5, 5.41) is 9.86. The largest absolute Gasteiger partial charge is 0.497 e. The number of hydrogen-bond donors (Lipinski definition) is 2. The highest BCUT2D eigenvalue weighted by Crippen LogP contribution is 2.25. The summed E-state index contributed by atoms with van der Waals surface area (Å²) in [4.78, 5) is 36.7. The van der Waals surface area contributed by atoms with Crippen LogP contribution >= 0.6 is 23.2 Å². The Labute approximate surface area is 181 Å². The minimum Gasteiger partial charge on any atom is -0.497 e. The topological polar surface area (TPSA) is 102 Å². The van der Waals surface area contributed by atoms with Gasteiger partial charge < -0.3 is 15.4 Å². The molecule has 0 fully saturated rings. The Morgan fingerprint density at radius 2 is 1.67 bits per heavy atom. The number of benzene rings is 2. The van der Waals surface area contributed by atoms with E-state index in [2.05, 4.69) is 15.7 Å². The molecule has 0 unspecified atom stereocenters. The summed E-state index contributed by atoms with van der Waals surface area (Å²) >= 11 is 11.8. The van der Waals surface area contributed by atoms with Crippen LogP contribution in [0.2, 0.25) is 10.0 Å². The van der Waals surface area contributed by atoms with E-state index in [1.807, 2.05) is 0 Å². The van der Waals surface area contributed by atoms with Crippen LogP contribution < -0.4 is 20.9 Å². The van der Waals surface area contributed by atoms with Crippen molar-refractivity contribution in [3.63, 3.8) is 0 Å². The molecule has 3 aromatic rings. The Bertz CT molecular complexity index is 1150. The van der Waals surface area contributed by atoms with Crippen molar-refractivity contribution in [3.8, 4) is 5.75 Å². The zero-order chi connectivity index (χ0) is 21.7. The van der Waals surface area contributed by atoms with Gasteiger partial charge in [-0.3, -0.25) is 14.4 Å². The van der Waals surface area contributed by atoms with Gasteiger partial charge >= 0.3 is 0 Å². The van der Waals surface area contributed by atoms with Gasteiger partial charge in [-0.05, 0) is 48.5 Å². The van der Waals surface area contributed by atoms with Gasteiger partial charge in [0.15, 0.2) is 0 Å². The van der Waals surface area contributed by atoms with Gasteiger partial charge in [-0.25, -0.2) is 4.68 Å². The van der Waals surface area contributed by atoms with Crippen LogP contribution in [0.5, 0.6) is 5.75 Å². The summed E-state index contributed by atoms with van der Waals surface area (Å²) in [6, 6.07) is 13.8. The minimum atomic E-state index is -0.529. The third-order valence-electron chi connectivity index (χ3n) is 3.94. The fourth-order valence-electron chi connectivity index (χ4n) is 2.46. The van der Waals surface area contributed by atoms with Crippen molar-refractivity contribution in [2.24, 2.45) is 0 Å². The predicted octanol–water partition coefficient (Wildman–Crippen LogP) is 3.45. The second-order valence-electron chi connectivity index (χ2n) is 6.07. The number of aromatic nitrogens is 2. The SMILES string of the molecule is COc1ccc(NC(=O)c2ccc(=O)n(CC(=O)Nc3ccc(Cl)c(Cl)c3)n2)cc1. The predicted molar refractivity (Wildman–Crippen MR) is 115 cm³/mol. The number of nitrogens with zero attached hydrogens (tertiary/aromatic N) is 2. The maximum atomic E-state index is 12.4. The first-order valence-corrected chi connectivity index (χ1v) is 9.40. The lowest BCUT2D eigenvalue weighted by molar-refractivity contribution is -0.117. The van der Waals surface area contributed by atoms with Crippen LogP contribution in [0.25, 0.3) is 0 Å². The van der Waals surface area contributed by atoms with Crippen LogP contribution in [-0.2, 0) is 11.3 Å². The van der Waals surface area contributed by atoms with Gasteiger partial charge in [-0.15, -0.1) is 0 Å². The molecule has 1 heterocycles. The Balaban J connectivity index is 1.70. The second-order valence-corrected chi connectivity index (χ2v) is 6.89. The van der Waals surface area contributed by atoms with Gasteiger partial charge in [0, 0.05) is 17.4 Å². The lowest BCUT2D eigenvalue weighted by atomic mass is 10.3. The fourth-order valence-corrected chi connectivity index (χ4v) is 2.76. The molecule has 0 aliphatic rings. The normalized spacial score (nSPS) is 10.4. The van der Waals surface area contributed by atoms with E-state index < -0.39 is 17.4 Å². The lowest BCUT2D eigenvalue weighted by Gasteiger charge is -2.09. The average molecular weight is 447 g/mol. The van der Waals surface area contributed by atoms with E-state index in [0.717, 1.165) is 4.68 Å². The molecule has 0 aliphatic carbocycles. The smallest absolute Gasteiger partial charge is 0.276 e. The molecule has 8 nitrogen and oxygen atoms in total. The quantitative estimate of drug-likeness (QED) is 0.603. The number of carbonyl (C=O) groups excluding carboxylic acids is 2. The van der Waals surface area contributed by atoms with Gasteiger partial charge in [0.2, 0.25) is 5.91 Å². The Morgan fingerprint density at radius 3 is 2.33 bits per heavy atom. The number of rotatable bonds is 6. The molecule has 1 aromatic heterocycles. The first kappa shape index (κ1) is 21.4. The van der Waals surface area contributed by atoms with E-state index in [4.69, 9.17) is 27.9 Å². The summed E-state index contributed by atoms with van der Waals surface area (Å²) in [5.74, 6) is -0.401. The van der Waals surface area contributed by atoms with Gasteiger partial charge in [0.25, 0.3) is 11.5 Å². The van der Waals surface area contributed by atoms with E-state index in [0.29, 0.717) is 22.1 Å². The molecule has 154 valence electrons. The molecule has 0 radical (unpaired) electrons. The Morgan fingerprint density at radius 1 is 0.967 bits per heavy atom. The highest BCUT2D eigenvalue weighted by Gasteiger charge is 2.13. The monoisotopic (exact) mass is 446 g/mol. The van der Waals surface area contributed by atoms with Crippen LogP contribution in [0.3, 0.4) is 0 Å². The van der Waals surface area contributed by atoms with Crippen LogP contribution in [0.15, 0.2) is 59.4 Å². The highest BCUT2D eigenvalue weighted by molar-refractivity contribution is 6.42. The van der Waals surface area contributed by atoms with Crippen LogP contribution in [0.1, 0.15) is 10.5 Å². The minimum absolute atomic E-state index is 0.0206. The van der Waals surface area contributed by atoms with E-state index in [9.17, 15) is 14.4 Å². The molecule has 30 heavy (non-hydrogen) atoms. The molecule has 0 saturated heterocycles. The van der Waals surface area contributed by atoms with Crippen molar-refractivity contribution in [1.82, 2.24) is 9.78 Å². The molecule has 0 atom stereocenters. The third kappa shape index (κ3) is 5.37. The van der Waals surface area contributed by atoms with Gasteiger partial charge in [-0.2, -0.15) is 5.10 Å². The molecule has 2 amide bonds. The summed E-state index contributed by atoms with van der Waals surface area (Å²) in [7, 11) is 1.54. The van der Waals surface area contributed by atoms with Crippen molar-refractivity contribution in [2.45, 2.75) is 6.54 Å². The van der Waals surface area contributed by atoms with Crippen molar-refractivity contribution in [1.29, 1.82) is 0 Å². The second kappa shape index (κ2) is 9.43. The molecule has 2 aromatic carbocycles. The Hall–Kier alpha value is -3.36. The molecule has 0 bridgehead atoms. The number of anilines is 2. The van der Waals surface area contributed by atoms with E-state index >= 15 is 0 Å². The summed E-state index contributed by atoms with van der Waals surface area (Å²) in [6.45, 7) is -0.386. The fraction of sp³-hybridized carbons (Fsp3) is 0.100. The third-order valence-corrected chi connectivity index (χ3v) is 4.68. The molecular formula is C20H16Cl2N4O4. The summed E-state index contributed by atoms with van der Waals surface area (Å²) < 4.78 is 5.96. The molecule has 10 heteroatoms. The standard InChI is InChI=1S/C20H16Cl2N4O4/c1-30-14-5-2-12(3-6-14)24-20(29)17-8-9-19(28)26(25-17)11-18(27)23-13-4-7-15(21)16(22)10-13/h2-10H,11H2,1H3,(H,23,27)(H,24,29).